The van der Waals surface area contributed by atoms with E-state index in [1.807, 2.05) is 17.0 Å². The number of thiazole rings is 1. The first-order chi connectivity index (χ1) is 13.7. The van der Waals surface area contributed by atoms with Crippen LogP contribution in [0.2, 0.25) is 0 Å². The van der Waals surface area contributed by atoms with Gasteiger partial charge in [-0.25, -0.2) is 4.98 Å². The Balaban J connectivity index is 1.33. The van der Waals surface area contributed by atoms with Crippen LogP contribution in [-0.2, 0) is 4.79 Å². The molecule has 0 bridgehead atoms. The minimum absolute atomic E-state index is 0.0336. The molecule has 148 valence electrons. The van der Waals surface area contributed by atoms with E-state index >= 15 is 0 Å². The standard InChI is InChI=1S/C20H25N5O2S/c26-18(16-4-1-7-22-16)23-11-14-3-2-10-25(13-14)20(27)17-12-24-19(28-17)15-5-8-21-9-6-15/h5-6,8-9,12,14,16,22H,1-4,7,10-11,13H2,(H,23,26). The van der Waals surface area contributed by atoms with Crippen LogP contribution < -0.4 is 10.6 Å². The summed E-state index contributed by atoms with van der Waals surface area (Å²) in [6.45, 7) is 2.99. The van der Waals surface area contributed by atoms with E-state index < -0.39 is 0 Å². The summed E-state index contributed by atoms with van der Waals surface area (Å²) in [7, 11) is 0. The molecule has 0 radical (unpaired) electrons. The van der Waals surface area contributed by atoms with Gasteiger partial charge in [0.05, 0.1) is 12.2 Å². The molecule has 2 amide bonds. The van der Waals surface area contributed by atoms with Gasteiger partial charge in [-0.15, -0.1) is 11.3 Å². The number of pyridine rings is 1. The fourth-order valence-corrected chi connectivity index (χ4v) is 4.74. The minimum atomic E-state index is -0.0508. The summed E-state index contributed by atoms with van der Waals surface area (Å²) < 4.78 is 0. The number of nitrogens with zero attached hydrogens (tertiary/aromatic N) is 3. The molecule has 4 rings (SSSR count). The first-order valence-corrected chi connectivity index (χ1v) is 10.7. The average Bonchev–Trinajstić information content (AvgIpc) is 3.45. The lowest BCUT2D eigenvalue weighted by atomic mass is 9.97. The summed E-state index contributed by atoms with van der Waals surface area (Å²) in [5.74, 6) is 0.423. The van der Waals surface area contributed by atoms with E-state index in [-0.39, 0.29) is 17.9 Å². The Hall–Kier alpha value is -2.32. The van der Waals surface area contributed by atoms with Gasteiger partial charge in [0.25, 0.3) is 5.91 Å². The first kappa shape index (κ1) is 19.0. The molecule has 0 aromatic carbocycles. The van der Waals surface area contributed by atoms with E-state index in [9.17, 15) is 9.59 Å². The molecule has 4 heterocycles. The SMILES string of the molecule is O=C(NCC1CCCN(C(=O)c2cnc(-c3ccncc3)s2)C1)C1CCCN1. The van der Waals surface area contributed by atoms with Gasteiger partial charge in [-0.3, -0.25) is 14.6 Å². The van der Waals surface area contributed by atoms with E-state index in [1.165, 1.54) is 11.3 Å². The molecule has 0 spiro atoms. The largest absolute Gasteiger partial charge is 0.354 e. The van der Waals surface area contributed by atoms with Crippen LogP contribution in [0.1, 0.15) is 35.4 Å². The van der Waals surface area contributed by atoms with E-state index in [2.05, 4.69) is 20.6 Å². The molecule has 28 heavy (non-hydrogen) atoms. The Morgan fingerprint density at radius 3 is 2.89 bits per heavy atom. The summed E-state index contributed by atoms with van der Waals surface area (Å²) in [5, 5.41) is 7.12. The molecule has 2 aromatic heterocycles. The predicted octanol–water partition coefficient (Wildman–Crippen LogP) is 1.93. The van der Waals surface area contributed by atoms with Crippen molar-refractivity contribution in [3.05, 3.63) is 35.6 Å². The summed E-state index contributed by atoms with van der Waals surface area (Å²) >= 11 is 1.42. The fourth-order valence-electron chi connectivity index (χ4n) is 3.85. The van der Waals surface area contributed by atoms with E-state index in [0.29, 0.717) is 23.9 Å². The predicted molar refractivity (Wildman–Crippen MR) is 108 cm³/mol. The Morgan fingerprint density at radius 1 is 1.25 bits per heavy atom. The second-order valence-electron chi connectivity index (χ2n) is 7.42. The molecule has 8 heteroatoms. The maximum absolute atomic E-state index is 12.9. The number of rotatable bonds is 5. The Morgan fingerprint density at radius 2 is 2.11 bits per heavy atom. The molecule has 2 aliphatic rings. The summed E-state index contributed by atoms with van der Waals surface area (Å²) in [6, 6.07) is 3.74. The van der Waals surface area contributed by atoms with Gasteiger partial charge in [-0.1, -0.05) is 0 Å². The molecular weight excluding hydrogens is 374 g/mol. The van der Waals surface area contributed by atoms with E-state index in [0.717, 1.165) is 49.3 Å². The van der Waals surface area contributed by atoms with E-state index in [1.54, 1.807) is 18.6 Å². The third kappa shape index (κ3) is 4.39. The number of hydrogen-bond donors (Lipinski definition) is 2. The highest BCUT2D eigenvalue weighted by Gasteiger charge is 2.27. The normalized spacial score (nSPS) is 22.2. The topological polar surface area (TPSA) is 87.2 Å². The maximum Gasteiger partial charge on any atom is 0.265 e. The van der Waals surface area contributed by atoms with Crippen LogP contribution >= 0.6 is 11.3 Å². The van der Waals surface area contributed by atoms with Gasteiger partial charge in [0.1, 0.15) is 9.88 Å². The quantitative estimate of drug-likeness (QED) is 0.802. The number of hydrogen-bond acceptors (Lipinski definition) is 6. The number of likely N-dealkylation sites (tertiary alicyclic amines) is 1. The average molecular weight is 400 g/mol. The molecule has 2 saturated heterocycles. The zero-order valence-electron chi connectivity index (χ0n) is 15.8. The summed E-state index contributed by atoms with van der Waals surface area (Å²) in [5.41, 5.74) is 0.971. The third-order valence-electron chi connectivity index (χ3n) is 5.39. The molecule has 2 aliphatic heterocycles. The number of piperidine rings is 1. The molecule has 0 saturated carbocycles. The lowest BCUT2D eigenvalue weighted by Gasteiger charge is -2.32. The molecule has 2 unspecified atom stereocenters. The Kier molecular flexibility index (Phi) is 5.97. The maximum atomic E-state index is 12.9. The third-order valence-corrected chi connectivity index (χ3v) is 6.43. The zero-order chi connectivity index (χ0) is 19.3. The van der Waals surface area contributed by atoms with Crippen molar-refractivity contribution in [1.82, 2.24) is 25.5 Å². The second-order valence-corrected chi connectivity index (χ2v) is 8.45. The smallest absolute Gasteiger partial charge is 0.265 e. The van der Waals surface area contributed by atoms with Crippen LogP contribution in [-0.4, -0.2) is 58.9 Å². The highest BCUT2D eigenvalue weighted by atomic mass is 32.1. The van der Waals surface area contributed by atoms with E-state index in [4.69, 9.17) is 0 Å². The van der Waals surface area contributed by atoms with Crippen LogP contribution in [0.15, 0.2) is 30.7 Å². The summed E-state index contributed by atoms with van der Waals surface area (Å²) in [6.07, 6.45) is 9.08. The fraction of sp³-hybridized carbons (Fsp3) is 0.500. The number of amides is 2. The van der Waals surface area contributed by atoms with Crippen LogP contribution in [0.3, 0.4) is 0 Å². The Bertz CT molecular complexity index is 819. The minimum Gasteiger partial charge on any atom is -0.354 e. The van der Waals surface area contributed by atoms with Gasteiger partial charge < -0.3 is 15.5 Å². The Labute approximate surface area is 168 Å². The van der Waals surface area contributed by atoms with Crippen molar-refractivity contribution in [2.24, 2.45) is 5.92 Å². The van der Waals surface area contributed by atoms with Crippen molar-refractivity contribution in [2.45, 2.75) is 31.7 Å². The molecule has 2 N–H and O–H groups in total. The molecule has 7 nitrogen and oxygen atoms in total. The second kappa shape index (κ2) is 8.79. The van der Waals surface area contributed by atoms with Crippen molar-refractivity contribution < 1.29 is 9.59 Å². The number of carbonyl (C=O) groups excluding carboxylic acids is 2. The van der Waals surface area contributed by atoms with Crippen LogP contribution in [0.25, 0.3) is 10.6 Å². The molecule has 2 atom stereocenters. The van der Waals surface area contributed by atoms with Gasteiger partial charge >= 0.3 is 0 Å². The lowest BCUT2D eigenvalue weighted by Crippen LogP contribution is -2.46. The van der Waals surface area contributed by atoms with Gasteiger partial charge in [0.2, 0.25) is 5.91 Å². The molecule has 2 aromatic rings. The monoisotopic (exact) mass is 399 g/mol. The van der Waals surface area contributed by atoms with Crippen molar-refractivity contribution in [3.63, 3.8) is 0 Å². The highest BCUT2D eigenvalue weighted by Crippen LogP contribution is 2.27. The van der Waals surface area contributed by atoms with Crippen LogP contribution in [0.4, 0.5) is 0 Å². The zero-order valence-corrected chi connectivity index (χ0v) is 16.6. The summed E-state index contributed by atoms with van der Waals surface area (Å²) in [4.78, 5) is 36.1. The van der Waals surface area contributed by atoms with Gasteiger partial charge in [-0.2, -0.15) is 0 Å². The highest BCUT2D eigenvalue weighted by molar-refractivity contribution is 7.16. The van der Waals surface area contributed by atoms with Gasteiger partial charge in [0.15, 0.2) is 0 Å². The number of nitrogens with one attached hydrogen (secondary N) is 2. The molecule has 0 aliphatic carbocycles. The van der Waals surface area contributed by atoms with Gasteiger partial charge in [0, 0.05) is 37.6 Å². The lowest BCUT2D eigenvalue weighted by molar-refractivity contribution is -0.123. The van der Waals surface area contributed by atoms with Crippen molar-refractivity contribution >= 4 is 23.2 Å². The van der Waals surface area contributed by atoms with Crippen LogP contribution in [0.5, 0.6) is 0 Å². The van der Waals surface area contributed by atoms with Crippen molar-refractivity contribution in [1.29, 1.82) is 0 Å². The number of aromatic nitrogens is 2. The first-order valence-electron chi connectivity index (χ1n) is 9.87. The number of carbonyl (C=O) groups is 2. The van der Waals surface area contributed by atoms with Gasteiger partial charge in [-0.05, 0) is 50.3 Å². The molecular formula is C20H25N5O2S. The van der Waals surface area contributed by atoms with Crippen molar-refractivity contribution in [2.75, 3.05) is 26.2 Å². The molecule has 2 fully saturated rings. The van der Waals surface area contributed by atoms with Crippen molar-refractivity contribution in [3.8, 4) is 10.6 Å². The van der Waals surface area contributed by atoms with Crippen LogP contribution in [0, 0.1) is 5.92 Å².